The minimum absolute atomic E-state index is 0.241. The van der Waals surface area contributed by atoms with Crippen molar-refractivity contribution in [2.75, 3.05) is 13.7 Å². The molecule has 3 unspecified atom stereocenters. The number of aryl methyl sites for hydroxylation is 5. The Bertz CT molecular complexity index is 973. The quantitative estimate of drug-likeness (QED) is 0.629. The van der Waals surface area contributed by atoms with E-state index in [1.54, 1.807) is 0 Å². The van der Waals surface area contributed by atoms with Crippen molar-refractivity contribution in [2.24, 2.45) is 0 Å². The Morgan fingerprint density at radius 2 is 1.76 bits per heavy atom. The molecule has 3 atom stereocenters. The summed E-state index contributed by atoms with van der Waals surface area (Å²) in [6.07, 6.45) is 4.57. The molecular weight excluding hydrogens is 354 g/mol. The van der Waals surface area contributed by atoms with Crippen LogP contribution in [-0.4, -0.2) is 30.2 Å². The van der Waals surface area contributed by atoms with Crippen LogP contribution < -0.4 is 0 Å². The van der Waals surface area contributed by atoms with Gasteiger partial charge in [0.05, 0.1) is 12.6 Å². The molecule has 154 valence electrons. The smallest absolute Gasteiger partial charge is 0.108 e. The van der Waals surface area contributed by atoms with E-state index in [1.165, 1.54) is 44.5 Å². The number of hydrogen-bond donors (Lipinski definition) is 0. The van der Waals surface area contributed by atoms with Crippen LogP contribution in [0.3, 0.4) is 0 Å². The first-order chi connectivity index (χ1) is 13.8. The summed E-state index contributed by atoms with van der Waals surface area (Å²) in [6.45, 7) is 14.1. The summed E-state index contributed by atoms with van der Waals surface area (Å²) < 4.78 is 6.67. The molecule has 4 rings (SSSR count). The van der Waals surface area contributed by atoms with Crippen LogP contribution >= 0.6 is 0 Å². The minimum atomic E-state index is -0.241. The van der Waals surface area contributed by atoms with E-state index in [4.69, 9.17) is 4.74 Å². The highest BCUT2D eigenvalue weighted by molar-refractivity contribution is 5.73. The summed E-state index contributed by atoms with van der Waals surface area (Å²) in [5.74, 6) is 0. The summed E-state index contributed by atoms with van der Waals surface area (Å²) in [4.78, 5) is 2.50. The third-order valence-electron chi connectivity index (χ3n) is 7.35. The van der Waals surface area contributed by atoms with Crippen LogP contribution in [0, 0.1) is 27.7 Å². The van der Waals surface area contributed by atoms with Gasteiger partial charge in [0.2, 0.25) is 0 Å². The normalized spacial score (nSPS) is 27.1. The number of likely N-dealkylation sites (N-methyl/N-ethyl adjacent to an activating group) is 1. The zero-order valence-corrected chi connectivity index (χ0v) is 19.1. The average molecular weight is 390 g/mol. The van der Waals surface area contributed by atoms with Gasteiger partial charge in [-0.3, -0.25) is 4.90 Å². The van der Waals surface area contributed by atoms with Gasteiger partial charge < -0.3 is 4.74 Å². The first-order valence-electron chi connectivity index (χ1n) is 11.0. The number of ether oxygens (including phenoxy) is 1. The molecule has 1 spiro atoms. The fourth-order valence-electron chi connectivity index (χ4n) is 5.41. The van der Waals surface area contributed by atoms with E-state index in [0.29, 0.717) is 12.6 Å². The monoisotopic (exact) mass is 389 g/mol. The van der Waals surface area contributed by atoms with E-state index in [9.17, 15) is 0 Å². The lowest BCUT2D eigenvalue weighted by atomic mass is 9.85. The van der Waals surface area contributed by atoms with Crippen LogP contribution in [0.2, 0.25) is 0 Å². The Hall–Kier alpha value is -1.90. The van der Waals surface area contributed by atoms with Gasteiger partial charge in [-0.15, -0.1) is 0 Å². The highest BCUT2D eigenvalue weighted by Crippen LogP contribution is 2.50. The summed E-state index contributed by atoms with van der Waals surface area (Å²) in [7, 11) is 2.25. The molecule has 1 saturated heterocycles. The molecule has 2 aromatic rings. The highest BCUT2D eigenvalue weighted by Gasteiger charge is 2.52. The average Bonchev–Trinajstić information content (AvgIpc) is 3.19. The van der Waals surface area contributed by atoms with E-state index in [0.717, 1.165) is 12.8 Å². The van der Waals surface area contributed by atoms with Gasteiger partial charge in [-0.2, -0.15) is 0 Å². The van der Waals surface area contributed by atoms with Crippen molar-refractivity contribution in [3.05, 3.63) is 75.4 Å². The van der Waals surface area contributed by atoms with Gasteiger partial charge in [0, 0.05) is 6.04 Å². The zero-order chi connectivity index (χ0) is 20.9. The van der Waals surface area contributed by atoms with Crippen molar-refractivity contribution in [2.45, 2.75) is 72.1 Å². The van der Waals surface area contributed by atoms with E-state index in [-0.39, 0.29) is 11.6 Å². The van der Waals surface area contributed by atoms with Crippen molar-refractivity contribution in [3.8, 4) is 0 Å². The topological polar surface area (TPSA) is 12.5 Å². The van der Waals surface area contributed by atoms with Crippen molar-refractivity contribution in [1.82, 2.24) is 4.90 Å². The molecule has 0 aromatic heterocycles. The standard InChI is InChI=1S/C27H35NO/c1-8-22-13-25(20(5)11-19(22)4)24-15-27(29-16-24)14-21(6)28(7)26(27)23-10-9-17(2)18(3)12-23/h9-13,15,21,26H,8,14,16H2,1-7H3. The molecule has 29 heavy (non-hydrogen) atoms. The number of nitrogens with zero attached hydrogens (tertiary/aromatic N) is 1. The van der Waals surface area contributed by atoms with Crippen molar-refractivity contribution in [3.63, 3.8) is 0 Å². The summed E-state index contributed by atoms with van der Waals surface area (Å²) in [5, 5.41) is 0. The van der Waals surface area contributed by atoms with E-state index in [1.807, 2.05) is 0 Å². The summed E-state index contributed by atoms with van der Waals surface area (Å²) >= 11 is 0. The molecular formula is C27H35NO. The molecule has 0 bridgehead atoms. The van der Waals surface area contributed by atoms with E-state index < -0.39 is 0 Å². The van der Waals surface area contributed by atoms with Crippen LogP contribution in [0.25, 0.3) is 5.57 Å². The lowest BCUT2D eigenvalue weighted by Crippen LogP contribution is -2.35. The van der Waals surface area contributed by atoms with E-state index >= 15 is 0 Å². The second-order valence-electron chi connectivity index (χ2n) is 9.33. The minimum Gasteiger partial charge on any atom is -0.364 e. The fraction of sp³-hybridized carbons (Fsp3) is 0.481. The molecule has 0 amide bonds. The summed E-state index contributed by atoms with van der Waals surface area (Å²) in [5.41, 5.74) is 10.7. The summed E-state index contributed by atoms with van der Waals surface area (Å²) in [6, 6.07) is 12.4. The van der Waals surface area contributed by atoms with Crippen molar-refractivity contribution < 1.29 is 4.74 Å². The van der Waals surface area contributed by atoms with Gasteiger partial charge >= 0.3 is 0 Å². The maximum atomic E-state index is 6.67. The first kappa shape index (κ1) is 20.4. The molecule has 0 saturated carbocycles. The van der Waals surface area contributed by atoms with Gasteiger partial charge in [0.15, 0.2) is 0 Å². The molecule has 2 heteroatoms. The third kappa shape index (κ3) is 3.37. The number of benzene rings is 2. The SMILES string of the molecule is CCc1cc(C2=CC3(CC(C)N(C)C3c3ccc(C)c(C)c3)OC2)c(C)cc1C. The van der Waals surface area contributed by atoms with Crippen LogP contribution in [0.5, 0.6) is 0 Å². The number of rotatable bonds is 3. The predicted octanol–water partition coefficient (Wildman–Crippen LogP) is 6.10. The van der Waals surface area contributed by atoms with Crippen molar-refractivity contribution >= 4 is 5.57 Å². The molecule has 2 heterocycles. The molecule has 2 aromatic carbocycles. The molecule has 0 radical (unpaired) electrons. The number of likely N-dealkylation sites (tertiary alicyclic amines) is 1. The Morgan fingerprint density at radius 1 is 1.00 bits per heavy atom. The molecule has 2 nitrogen and oxygen atoms in total. The fourth-order valence-corrected chi connectivity index (χ4v) is 5.41. The Morgan fingerprint density at radius 3 is 2.45 bits per heavy atom. The number of hydrogen-bond acceptors (Lipinski definition) is 2. The lowest BCUT2D eigenvalue weighted by molar-refractivity contribution is 0.00100. The zero-order valence-electron chi connectivity index (χ0n) is 19.1. The van der Waals surface area contributed by atoms with Crippen LogP contribution in [0.1, 0.15) is 65.3 Å². The van der Waals surface area contributed by atoms with E-state index in [2.05, 4.69) is 89.9 Å². The second kappa shape index (κ2) is 7.41. The lowest BCUT2D eigenvalue weighted by Gasteiger charge is -2.33. The first-order valence-corrected chi connectivity index (χ1v) is 11.0. The van der Waals surface area contributed by atoms with Gasteiger partial charge in [0.1, 0.15) is 5.60 Å². The molecule has 0 N–H and O–H groups in total. The van der Waals surface area contributed by atoms with Crippen LogP contribution in [-0.2, 0) is 11.2 Å². The van der Waals surface area contributed by atoms with Crippen LogP contribution in [0.4, 0.5) is 0 Å². The Kier molecular flexibility index (Phi) is 5.21. The molecule has 2 aliphatic rings. The highest BCUT2D eigenvalue weighted by atomic mass is 16.5. The van der Waals surface area contributed by atoms with Gasteiger partial charge in [-0.1, -0.05) is 37.3 Å². The van der Waals surface area contributed by atoms with Gasteiger partial charge in [-0.05, 0) is 105 Å². The largest absolute Gasteiger partial charge is 0.364 e. The second-order valence-corrected chi connectivity index (χ2v) is 9.33. The molecule has 2 aliphatic heterocycles. The third-order valence-corrected chi connectivity index (χ3v) is 7.35. The van der Waals surface area contributed by atoms with Gasteiger partial charge in [0.25, 0.3) is 0 Å². The molecule has 0 aliphatic carbocycles. The van der Waals surface area contributed by atoms with Crippen molar-refractivity contribution in [1.29, 1.82) is 0 Å². The maximum Gasteiger partial charge on any atom is 0.108 e. The Balaban J connectivity index is 1.79. The maximum absolute atomic E-state index is 6.67. The Labute approximate surface area is 176 Å². The molecule has 1 fully saturated rings. The predicted molar refractivity (Wildman–Crippen MR) is 122 cm³/mol. The van der Waals surface area contributed by atoms with Crippen LogP contribution in [0.15, 0.2) is 36.4 Å². The van der Waals surface area contributed by atoms with Gasteiger partial charge in [-0.25, -0.2) is 0 Å².